The lowest BCUT2D eigenvalue weighted by atomic mass is 9.73. The summed E-state index contributed by atoms with van der Waals surface area (Å²) in [4.78, 5) is 0. The normalized spacial score (nSPS) is 19.2. The highest BCUT2D eigenvalue weighted by Gasteiger charge is 2.35. The number of allylic oxidation sites excluding steroid dienone is 2. The number of hydrogen-bond donors (Lipinski definition) is 0. The van der Waals surface area contributed by atoms with Gasteiger partial charge in [0.15, 0.2) is 0 Å². The highest BCUT2D eigenvalue weighted by molar-refractivity contribution is 5.68. The van der Waals surface area contributed by atoms with Gasteiger partial charge in [-0.25, -0.2) is 0 Å². The Hall–Kier alpha value is -3.64. The second-order valence-electron chi connectivity index (χ2n) is 8.54. The summed E-state index contributed by atoms with van der Waals surface area (Å²) in [5.41, 5.74) is 9.53. The molecule has 4 aromatic carbocycles. The Balaban J connectivity index is 1.45. The number of rotatable bonds is 4. The average molecular weight is 397 g/mol. The second-order valence-corrected chi connectivity index (χ2v) is 8.54. The van der Waals surface area contributed by atoms with Gasteiger partial charge in [-0.1, -0.05) is 127 Å². The van der Waals surface area contributed by atoms with Crippen LogP contribution < -0.4 is 0 Å². The van der Waals surface area contributed by atoms with Gasteiger partial charge < -0.3 is 0 Å². The van der Waals surface area contributed by atoms with Crippen LogP contribution in [0.4, 0.5) is 0 Å². The molecule has 0 heterocycles. The van der Waals surface area contributed by atoms with E-state index in [2.05, 4.69) is 127 Å². The molecule has 2 aliphatic carbocycles. The van der Waals surface area contributed by atoms with Crippen LogP contribution in [0.1, 0.15) is 45.6 Å². The highest BCUT2D eigenvalue weighted by atomic mass is 14.4. The van der Waals surface area contributed by atoms with E-state index < -0.39 is 0 Å². The Bertz CT molecular complexity index is 1210. The van der Waals surface area contributed by atoms with Gasteiger partial charge in [-0.05, 0) is 38.9 Å². The van der Waals surface area contributed by atoms with E-state index in [1.54, 1.807) is 0 Å². The molecule has 4 aromatic rings. The minimum atomic E-state index is 0.365. The number of benzene rings is 4. The van der Waals surface area contributed by atoms with Crippen LogP contribution in [0, 0.1) is 0 Å². The van der Waals surface area contributed by atoms with Crippen molar-refractivity contribution in [2.75, 3.05) is 0 Å². The molecule has 148 valence electrons. The Morgan fingerprint density at radius 2 is 0.935 bits per heavy atom. The maximum atomic E-state index is 2.41. The summed E-state index contributed by atoms with van der Waals surface area (Å²) in [6, 6.07) is 37.6. The molecule has 0 aromatic heterocycles. The average Bonchev–Trinajstić information content (AvgIpc) is 3.46. The fraction of sp³-hybridized carbons (Fsp3) is 0.0968. The van der Waals surface area contributed by atoms with Gasteiger partial charge in [-0.3, -0.25) is 0 Å². The van der Waals surface area contributed by atoms with E-state index in [0.29, 0.717) is 17.8 Å². The topological polar surface area (TPSA) is 0 Å². The van der Waals surface area contributed by atoms with Crippen LogP contribution in [0.15, 0.2) is 115 Å². The summed E-state index contributed by atoms with van der Waals surface area (Å²) in [5, 5.41) is 0. The maximum Gasteiger partial charge on any atom is 0.0105 e. The van der Waals surface area contributed by atoms with Gasteiger partial charge in [-0.2, -0.15) is 0 Å². The van der Waals surface area contributed by atoms with Gasteiger partial charge in [0.25, 0.3) is 0 Å². The molecule has 0 nitrogen and oxygen atoms in total. The molecule has 0 N–H and O–H groups in total. The zero-order valence-electron chi connectivity index (χ0n) is 17.4. The lowest BCUT2D eigenvalue weighted by Gasteiger charge is -2.30. The third kappa shape index (κ3) is 3.16. The molecule has 0 spiro atoms. The SMILES string of the molecule is C1=CC(C(c2ccc(-c3ccccc3)cc2)C2C=Cc3ccccc32)c2ccccc21. The first-order valence-corrected chi connectivity index (χ1v) is 11.1. The van der Waals surface area contributed by atoms with Crippen molar-refractivity contribution < 1.29 is 0 Å². The molecule has 6 rings (SSSR count). The van der Waals surface area contributed by atoms with E-state index in [-0.39, 0.29) is 0 Å². The van der Waals surface area contributed by atoms with E-state index in [0.717, 1.165) is 0 Å². The van der Waals surface area contributed by atoms with Crippen LogP contribution in [-0.2, 0) is 0 Å². The molecule has 0 radical (unpaired) electrons. The van der Waals surface area contributed by atoms with Crippen molar-refractivity contribution in [2.45, 2.75) is 17.8 Å². The first-order chi connectivity index (χ1) is 15.4. The van der Waals surface area contributed by atoms with Crippen LogP contribution >= 0.6 is 0 Å². The van der Waals surface area contributed by atoms with Crippen LogP contribution in [0.3, 0.4) is 0 Å². The van der Waals surface area contributed by atoms with Crippen LogP contribution in [-0.4, -0.2) is 0 Å². The van der Waals surface area contributed by atoms with Crippen LogP contribution in [0.25, 0.3) is 23.3 Å². The first-order valence-electron chi connectivity index (χ1n) is 11.1. The van der Waals surface area contributed by atoms with Crippen molar-refractivity contribution in [1.29, 1.82) is 0 Å². The third-order valence-electron chi connectivity index (χ3n) is 6.85. The molecule has 2 atom stereocenters. The molecule has 0 saturated carbocycles. The fourth-order valence-corrected chi connectivity index (χ4v) is 5.35. The Morgan fingerprint density at radius 3 is 1.52 bits per heavy atom. The molecule has 0 fully saturated rings. The maximum absolute atomic E-state index is 2.41. The van der Waals surface area contributed by atoms with Gasteiger partial charge in [0.05, 0.1) is 0 Å². The fourth-order valence-electron chi connectivity index (χ4n) is 5.35. The number of fused-ring (bicyclic) bond motifs is 2. The lowest BCUT2D eigenvalue weighted by molar-refractivity contribution is 0.572. The summed E-state index contributed by atoms with van der Waals surface area (Å²) in [7, 11) is 0. The predicted molar refractivity (Wildman–Crippen MR) is 131 cm³/mol. The van der Waals surface area contributed by atoms with Crippen LogP contribution in [0.2, 0.25) is 0 Å². The number of hydrogen-bond acceptors (Lipinski definition) is 0. The molecular weight excluding hydrogens is 372 g/mol. The molecule has 0 heteroatoms. The summed E-state index contributed by atoms with van der Waals surface area (Å²) in [6.07, 6.45) is 9.43. The van der Waals surface area contributed by atoms with E-state index in [1.165, 1.54) is 38.9 Å². The van der Waals surface area contributed by atoms with Crippen molar-refractivity contribution in [2.24, 2.45) is 0 Å². The van der Waals surface area contributed by atoms with Crippen molar-refractivity contribution in [3.63, 3.8) is 0 Å². The van der Waals surface area contributed by atoms with Gasteiger partial charge in [-0.15, -0.1) is 0 Å². The zero-order valence-corrected chi connectivity index (χ0v) is 17.4. The Morgan fingerprint density at radius 1 is 0.452 bits per heavy atom. The first kappa shape index (κ1) is 18.2. The van der Waals surface area contributed by atoms with E-state index in [4.69, 9.17) is 0 Å². The summed E-state index contributed by atoms with van der Waals surface area (Å²) >= 11 is 0. The quantitative estimate of drug-likeness (QED) is 0.327. The van der Waals surface area contributed by atoms with Gasteiger partial charge in [0.2, 0.25) is 0 Å². The highest BCUT2D eigenvalue weighted by Crippen LogP contribution is 2.51. The zero-order chi connectivity index (χ0) is 20.6. The van der Waals surface area contributed by atoms with Gasteiger partial charge in [0.1, 0.15) is 0 Å². The molecule has 2 aliphatic rings. The summed E-state index contributed by atoms with van der Waals surface area (Å²) in [5.74, 6) is 1.11. The monoisotopic (exact) mass is 396 g/mol. The predicted octanol–water partition coefficient (Wildman–Crippen LogP) is 8.06. The van der Waals surface area contributed by atoms with Crippen LogP contribution in [0.5, 0.6) is 0 Å². The minimum absolute atomic E-state index is 0.365. The van der Waals surface area contributed by atoms with E-state index >= 15 is 0 Å². The van der Waals surface area contributed by atoms with Gasteiger partial charge in [0, 0.05) is 17.8 Å². The smallest absolute Gasteiger partial charge is 0.0105 e. The largest absolute Gasteiger partial charge is 0.0757 e. The van der Waals surface area contributed by atoms with E-state index in [1.807, 2.05) is 0 Å². The van der Waals surface area contributed by atoms with Crippen molar-refractivity contribution >= 4 is 12.2 Å². The molecular formula is C31H24. The molecule has 31 heavy (non-hydrogen) atoms. The van der Waals surface area contributed by atoms with E-state index in [9.17, 15) is 0 Å². The molecule has 0 saturated heterocycles. The summed E-state index contributed by atoms with van der Waals surface area (Å²) < 4.78 is 0. The lowest BCUT2D eigenvalue weighted by Crippen LogP contribution is -2.15. The molecule has 2 unspecified atom stereocenters. The molecule has 0 amide bonds. The standard InChI is InChI=1S/C31H24/c1-2-8-22(9-3-1)23-14-16-26(17-15-23)31(29-20-18-24-10-4-6-12-27(24)29)30-21-19-25-11-5-7-13-28(25)30/h1-21,29-31H. The van der Waals surface area contributed by atoms with Crippen molar-refractivity contribution in [3.05, 3.63) is 143 Å². The molecule has 0 aliphatic heterocycles. The van der Waals surface area contributed by atoms with Gasteiger partial charge >= 0.3 is 0 Å². The summed E-state index contributed by atoms with van der Waals surface area (Å²) in [6.45, 7) is 0. The van der Waals surface area contributed by atoms with Crippen molar-refractivity contribution in [3.8, 4) is 11.1 Å². The molecule has 0 bridgehead atoms. The second kappa shape index (κ2) is 7.56. The Kier molecular flexibility index (Phi) is 4.43. The third-order valence-corrected chi connectivity index (χ3v) is 6.85. The Labute approximate surface area is 184 Å². The minimum Gasteiger partial charge on any atom is -0.0757 e. The van der Waals surface area contributed by atoms with Crippen molar-refractivity contribution in [1.82, 2.24) is 0 Å².